The molecule has 0 radical (unpaired) electrons. The smallest absolute Gasteiger partial charge is 0.326 e. The lowest BCUT2D eigenvalue weighted by Crippen LogP contribution is -2.59. The highest BCUT2D eigenvalue weighted by Gasteiger charge is 2.44. The molecule has 1 aliphatic rings. The Hall–Kier alpha value is -1.89. The van der Waals surface area contributed by atoms with Crippen molar-refractivity contribution in [2.45, 2.75) is 51.3 Å². The number of rotatable bonds is 7. The Labute approximate surface area is 129 Å². The maximum absolute atomic E-state index is 12.2. The molecule has 22 heavy (non-hydrogen) atoms. The van der Waals surface area contributed by atoms with Crippen molar-refractivity contribution >= 4 is 11.9 Å². The Morgan fingerprint density at radius 1 is 1.50 bits per heavy atom. The van der Waals surface area contributed by atoms with E-state index in [1.165, 1.54) is 4.90 Å². The van der Waals surface area contributed by atoms with E-state index in [1.807, 2.05) is 18.4 Å². The molecule has 2 heterocycles. The molecule has 0 spiro atoms. The number of aromatic nitrogens is 2. The number of nitrogens with zero attached hydrogens (tertiary/aromatic N) is 3. The lowest BCUT2D eigenvalue weighted by Gasteiger charge is -2.45. The summed E-state index contributed by atoms with van der Waals surface area (Å²) in [5.74, 6) is -1.24. The van der Waals surface area contributed by atoms with Gasteiger partial charge in [0, 0.05) is 12.4 Å². The highest BCUT2D eigenvalue weighted by Crippen LogP contribution is 2.31. The summed E-state index contributed by atoms with van der Waals surface area (Å²) in [7, 11) is 0. The maximum atomic E-state index is 12.2. The van der Waals surface area contributed by atoms with Gasteiger partial charge in [0.05, 0.1) is 12.9 Å². The fourth-order valence-corrected chi connectivity index (χ4v) is 2.98. The van der Waals surface area contributed by atoms with Gasteiger partial charge < -0.3 is 19.3 Å². The first-order valence-corrected chi connectivity index (χ1v) is 7.68. The zero-order chi connectivity index (χ0) is 16.2. The van der Waals surface area contributed by atoms with Crippen LogP contribution in [0.15, 0.2) is 18.7 Å². The second kappa shape index (κ2) is 6.91. The van der Waals surface area contributed by atoms with E-state index in [0.717, 1.165) is 6.42 Å². The van der Waals surface area contributed by atoms with Crippen LogP contribution in [0.2, 0.25) is 0 Å². The van der Waals surface area contributed by atoms with Crippen molar-refractivity contribution in [1.29, 1.82) is 0 Å². The number of imidazole rings is 1. The molecular weight excluding hydrogens is 286 g/mol. The molecular formula is C15H23N3O4. The first-order chi connectivity index (χ1) is 10.5. The van der Waals surface area contributed by atoms with Crippen LogP contribution in [-0.4, -0.2) is 50.6 Å². The summed E-state index contributed by atoms with van der Waals surface area (Å²) in [6, 6.07) is -0.804. The molecule has 2 unspecified atom stereocenters. The Morgan fingerprint density at radius 2 is 2.27 bits per heavy atom. The summed E-state index contributed by atoms with van der Waals surface area (Å²) >= 11 is 0. The van der Waals surface area contributed by atoms with Gasteiger partial charge in [-0.2, -0.15) is 0 Å². The van der Waals surface area contributed by atoms with Crippen molar-refractivity contribution in [3.8, 4) is 0 Å². The number of hydrogen-bond acceptors (Lipinski definition) is 4. The van der Waals surface area contributed by atoms with E-state index >= 15 is 0 Å². The van der Waals surface area contributed by atoms with Crippen LogP contribution in [0.4, 0.5) is 0 Å². The number of ether oxygens (including phenoxy) is 1. The molecule has 1 saturated heterocycles. The molecule has 2 atom stereocenters. The third-order valence-electron chi connectivity index (χ3n) is 4.04. The highest BCUT2D eigenvalue weighted by atomic mass is 16.5. The lowest BCUT2D eigenvalue weighted by molar-refractivity contribution is -0.194. The van der Waals surface area contributed by atoms with Gasteiger partial charge in [-0.15, -0.1) is 0 Å². The fraction of sp³-hybridized carbons (Fsp3) is 0.667. The number of morpholine rings is 1. The van der Waals surface area contributed by atoms with Crippen LogP contribution in [0.25, 0.3) is 0 Å². The van der Waals surface area contributed by atoms with Gasteiger partial charge in [-0.05, 0) is 12.8 Å². The number of hydrogen-bond donors (Lipinski definition) is 1. The summed E-state index contributed by atoms with van der Waals surface area (Å²) < 4.78 is 7.67. The lowest BCUT2D eigenvalue weighted by atomic mass is 10.0. The minimum atomic E-state index is -0.965. The van der Waals surface area contributed by atoms with Gasteiger partial charge in [-0.3, -0.25) is 4.79 Å². The second-order valence-corrected chi connectivity index (χ2v) is 5.62. The Balaban J connectivity index is 2.31. The summed E-state index contributed by atoms with van der Waals surface area (Å²) in [6.07, 6.45) is 7.78. The number of amides is 1. The van der Waals surface area contributed by atoms with Crippen molar-refractivity contribution in [2.24, 2.45) is 0 Å². The first-order valence-electron chi connectivity index (χ1n) is 7.68. The van der Waals surface area contributed by atoms with E-state index in [-0.39, 0.29) is 19.1 Å². The highest BCUT2D eigenvalue weighted by molar-refractivity contribution is 5.84. The van der Waals surface area contributed by atoms with Crippen LogP contribution >= 0.6 is 0 Å². The second-order valence-electron chi connectivity index (χ2n) is 5.62. The normalized spacial score (nSPS) is 23.5. The fourth-order valence-electron chi connectivity index (χ4n) is 2.98. The number of carboxylic acid groups (broad SMARTS) is 1. The van der Waals surface area contributed by atoms with Crippen LogP contribution in [0, 0.1) is 0 Å². The summed E-state index contributed by atoms with van der Waals surface area (Å²) in [4.78, 5) is 29.2. The van der Waals surface area contributed by atoms with Crippen molar-refractivity contribution in [2.75, 3.05) is 13.2 Å². The maximum Gasteiger partial charge on any atom is 0.326 e. The predicted molar refractivity (Wildman–Crippen MR) is 79.1 cm³/mol. The molecule has 7 nitrogen and oxygen atoms in total. The quantitative estimate of drug-likeness (QED) is 0.824. The molecule has 1 aliphatic heterocycles. The number of aliphatic carboxylic acids is 1. The third kappa shape index (κ3) is 3.14. The van der Waals surface area contributed by atoms with E-state index in [0.29, 0.717) is 19.3 Å². The molecule has 1 amide bonds. The zero-order valence-corrected chi connectivity index (χ0v) is 13.1. The molecule has 1 fully saturated rings. The zero-order valence-electron chi connectivity index (χ0n) is 13.1. The summed E-state index contributed by atoms with van der Waals surface area (Å²) in [6.45, 7) is 4.07. The van der Waals surface area contributed by atoms with Gasteiger partial charge in [-0.25, -0.2) is 9.78 Å². The van der Waals surface area contributed by atoms with Crippen LogP contribution in [0.3, 0.4) is 0 Å². The molecule has 1 aromatic heterocycles. The van der Waals surface area contributed by atoms with Crippen molar-refractivity contribution < 1.29 is 19.4 Å². The van der Waals surface area contributed by atoms with E-state index in [4.69, 9.17) is 4.74 Å². The SMILES string of the molecule is CCCC(C(=O)O)N1CC(CCC)(n2ccnc2)OCC1=O. The monoisotopic (exact) mass is 309 g/mol. The van der Waals surface area contributed by atoms with E-state index in [2.05, 4.69) is 4.98 Å². The summed E-state index contributed by atoms with van der Waals surface area (Å²) in [5, 5.41) is 9.45. The molecule has 0 aromatic carbocycles. The minimum Gasteiger partial charge on any atom is -0.480 e. The number of carbonyl (C=O) groups excluding carboxylic acids is 1. The Kier molecular flexibility index (Phi) is 5.18. The largest absolute Gasteiger partial charge is 0.480 e. The van der Waals surface area contributed by atoms with Crippen LogP contribution in [0.1, 0.15) is 39.5 Å². The molecule has 0 saturated carbocycles. The average Bonchev–Trinajstić information content (AvgIpc) is 3.02. The van der Waals surface area contributed by atoms with E-state index < -0.39 is 17.7 Å². The van der Waals surface area contributed by atoms with Gasteiger partial charge in [0.2, 0.25) is 5.91 Å². The van der Waals surface area contributed by atoms with E-state index in [1.54, 1.807) is 18.7 Å². The third-order valence-corrected chi connectivity index (χ3v) is 4.04. The minimum absolute atomic E-state index is 0.105. The molecule has 7 heteroatoms. The molecule has 0 aliphatic carbocycles. The Morgan fingerprint density at radius 3 is 2.82 bits per heavy atom. The Bertz CT molecular complexity index is 517. The topological polar surface area (TPSA) is 84.7 Å². The van der Waals surface area contributed by atoms with E-state index in [9.17, 15) is 14.7 Å². The van der Waals surface area contributed by atoms with Crippen LogP contribution < -0.4 is 0 Å². The van der Waals surface area contributed by atoms with Crippen LogP contribution in [0.5, 0.6) is 0 Å². The van der Waals surface area contributed by atoms with Gasteiger partial charge >= 0.3 is 5.97 Å². The van der Waals surface area contributed by atoms with Crippen molar-refractivity contribution in [1.82, 2.24) is 14.5 Å². The molecule has 122 valence electrons. The van der Waals surface area contributed by atoms with Gasteiger partial charge in [0.1, 0.15) is 12.6 Å². The number of carbonyl (C=O) groups is 2. The van der Waals surface area contributed by atoms with Crippen LogP contribution in [-0.2, 0) is 20.1 Å². The summed E-state index contributed by atoms with van der Waals surface area (Å²) in [5.41, 5.74) is -0.736. The average molecular weight is 309 g/mol. The predicted octanol–water partition coefficient (Wildman–Crippen LogP) is 1.45. The first kappa shape index (κ1) is 16.5. The van der Waals surface area contributed by atoms with Gasteiger partial charge in [-0.1, -0.05) is 26.7 Å². The van der Waals surface area contributed by atoms with Gasteiger partial charge in [0.25, 0.3) is 0 Å². The van der Waals surface area contributed by atoms with Crippen molar-refractivity contribution in [3.05, 3.63) is 18.7 Å². The van der Waals surface area contributed by atoms with Crippen molar-refractivity contribution in [3.63, 3.8) is 0 Å². The van der Waals surface area contributed by atoms with Gasteiger partial charge in [0.15, 0.2) is 5.72 Å². The molecule has 2 rings (SSSR count). The molecule has 1 N–H and O–H groups in total. The molecule has 0 bridgehead atoms. The molecule has 1 aromatic rings. The number of carboxylic acids is 1. The standard InChI is InChI=1S/C15H23N3O4/c1-3-5-12(14(20)21)18-10-15(6-4-2,22-9-13(18)19)17-8-7-16-11-17/h7-8,11-12H,3-6,9-10H2,1-2H3,(H,20,21).